The molecule has 1 atom stereocenters. The normalized spacial score (nSPS) is 26.3. The molecule has 0 spiro atoms. The van der Waals surface area contributed by atoms with Gasteiger partial charge in [0.05, 0.1) is 6.61 Å². The minimum atomic E-state index is -1.38. The van der Waals surface area contributed by atoms with Crippen molar-refractivity contribution in [2.24, 2.45) is 0 Å². The zero-order chi connectivity index (χ0) is 9.47. The molecule has 0 saturated heterocycles. The second-order valence-electron chi connectivity index (χ2n) is 3.48. The second kappa shape index (κ2) is 2.62. The average molecular weight is 182 g/mol. The Labute approximate surface area is 76.0 Å². The molecule has 1 N–H and O–H groups in total. The third kappa shape index (κ3) is 1.34. The van der Waals surface area contributed by atoms with E-state index in [4.69, 9.17) is 4.74 Å². The van der Waals surface area contributed by atoms with Gasteiger partial charge in [-0.1, -0.05) is 0 Å². The van der Waals surface area contributed by atoms with E-state index in [1.54, 1.807) is 6.07 Å². The minimum absolute atomic E-state index is 0.0770. The molecule has 1 aliphatic rings. The lowest BCUT2D eigenvalue weighted by Gasteiger charge is -2.28. The molecule has 2 rings (SSSR count). The van der Waals surface area contributed by atoms with E-state index in [-0.39, 0.29) is 5.75 Å². The Morgan fingerprint density at radius 2 is 2.31 bits per heavy atom. The highest BCUT2D eigenvalue weighted by Crippen LogP contribution is 2.41. The quantitative estimate of drug-likeness (QED) is 0.667. The SMILES string of the molecule is CC1(F)CCOc2ccc(O)cc21. The fourth-order valence-corrected chi connectivity index (χ4v) is 1.54. The summed E-state index contributed by atoms with van der Waals surface area (Å²) in [5.41, 5.74) is -0.939. The Kier molecular flexibility index (Phi) is 1.68. The van der Waals surface area contributed by atoms with Crippen LogP contribution in [-0.4, -0.2) is 11.7 Å². The molecule has 2 nitrogen and oxygen atoms in total. The van der Waals surface area contributed by atoms with Crippen molar-refractivity contribution in [1.82, 2.24) is 0 Å². The van der Waals surface area contributed by atoms with Crippen molar-refractivity contribution in [2.45, 2.75) is 19.0 Å². The lowest BCUT2D eigenvalue weighted by molar-refractivity contribution is 0.110. The maximum Gasteiger partial charge on any atom is 0.140 e. The lowest BCUT2D eigenvalue weighted by Crippen LogP contribution is -2.25. The lowest BCUT2D eigenvalue weighted by atomic mass is 9.92. The molecule has 0 aliphatic carbocycles. The highest BCUT2D eigenvalue weighted by Gasteiger charge is 2.33. The number of phenols is 1. The minimum Gasteiger partial charge on any atom is -0.508 e. The van der Waals surface area contributed by atoms with Crippen LogP contribution < -0.4 is 4.74 Å². The molecule has 0 aromatic heterocycles. The molecular weight excluding hydrogens is 171 g/mol. The van der Waals surface area contributed by atoms with Gasteiger partial charge in [-0.05, 0) is 25.1 Å². The van der Waals surface area contributed by atoms with Crippen molar-refractivity contribution in [3.05, 3.63) is 23.8 Å². The van der Waals surface area contributed by atoms with Crippen molar-refractivity contribution in [1.29, 1.82) is 0 Å². The van der Waals surface area contributed by atoms with Gasteiger partial charge >= 0.3 is 0 Å². The molecule has 0 bridgehead atoms. The van der Waals surface area contributed by atoms with E-state index < -0.39 is 5.67 Å². The van der Waals surface area contributed by atoms with E-state index in [2.05, 4.69) is 0 Å². The number of rotatable bonds is 0. The van der Waals surface area contributed by atoms with Gasteiger partial charge in [0.15, 0.2) is 0 Å². The zero-order valence-electron chi connectivity index (χ0n) is 7.38. The third-order valence-electron chi connectivity index (χ3n) is 2.35. The van der Waals surface area contributed by atoms with Gasteiger partial charge < -0.3 is 9.84 Å². The second-order valence-corrected chi connectivity index (χ2v) is 3.48. The third-order valence-corrected chi connectivity index (χ3v) is 2.35. The van der Waals surface area contributed by atoms with E-state index in [0.29, 0.717) is 24.3 Å². The van der Waals surface area contributed by atoms with Crippen LogP contribution in [0.15, 0.2) is 18.2 Å². The van der Waals surface area contributed by atoms with Crippen LogP contribution in [0.4, 0.5) is 4.39 Å². The highest BCUT2D eigenvalue weighted by molar-refractivity contribution is 5.44. The molecule has 0 radical (unpaired) electrons. The van der Waals surface area contributed by atoms with E-state index >= 15 is 0 Å². The standard InChI is InChI=1S/C10H11FO2/c1-10(11)4-5-13-9-3-2-7(12)6-8(9)10/h2-3,6,12H,4-5H2,1H3. The van der Waals surface area contributed by atoms with Crippen LogP contribution in [0.3, 0.4) is 0 Å². The van der Waals surface area contributed by atoms with E-state index in [0.717, 1.165) is 0 Å². The Balaban J connectivity index is 2.55. The molecular formula is C10H11FO2. The van der Waals surface area contributed by atoms with Crippen molar-refractivity contribution in [3.63, 3.8) is 0 Å². The van der Waals surface area contributed by atoms with Gasteiger partial charge in [0.1, 0.15) is 17.2 Å². The topological polar surface area (TPSA) is 29.5 Å². The smallest absolute Gasteiger partial charge is 0.140 e. The first kappa shape index (κ1) is 8.35. The van der Waals surface area contributed by atoms with Crippen molar-refractivity contribution in [3.8, 4) is 11.5 Å². The molecule has 0 saturated carbocycles. The number of halogens is 1. The highest BCUT2D eigenvalue weighted by atomic mass is 19.1. The van der Waals surface area contributed by atoms with Crippen LogP contribution in [-0.2, 0) is 5.67 Å². The molecule has 1 heterocycles. The van der Waals surface area contributed by atoms with Gasteiger partial charge in [0, 0.05) is 12.0 Å². The Morgan fingerprint density at radius 3 is 3.08 bits per heavy atom. The number of aromatic hydroxyl groups is 1. The van der Waals surface area contributed by atoms with Gasteiger partial charge in [0.25, 0.3) is 0 Å². The van der Waals surface area contributed by atoms with Gasteiger partial charge in [-0.3, -0.25) is 0 Å². The van der Waals surface area contributed by atoms with Crippen LogP contribution in [0.5, 0.6) is 11.5 Å². The van der Waals surface area contributed by atoms with Crippen molar-refractivity contribution < 1.29 is 14.2 Å². The van der Waals surface area contributed by atoms with E-state index in [1.807, 2.05) is 0 Å². The molecule has 13 heavy (non-hydrogen) atoms. The molecule has 1 aliphatic heterocycles. The molecule has 1 unspecified atom stereocenters. The molecule has 0 amide bonds. The number of hydrogen-bond donors (Lipinski definition) is 1. The summed E-state index contributed by atoms with van der Waals surface area (Å²) in [4.78, 5) is 0. The fraction of sp³-hybridized carbons (Fsp3) is 0.400. The number of phenolic OH excluding ortho intramolecular Hbond substituents is 1. The number of benzene rings is 1. The molecule has 3 heteroatoms. The first-order chi connectivity index (χ1) is 6.09. The molecule has 1 aromatic rings. The summed E-state index contributed by atoms with van der Waals surface area (Å²) in [7, 11) is 0. The Hall–Kier alpha value is -1.25. The van der Waals surface area contributed by atoms with Crippen molar-refractivity contribution in [2.75, 3.05) is 6.61 Å². The first-order valence-corrected chi connectivity index (χ1v) is 4.25. The largest absolute Gasteiger partial charge is 0.508 e. The number of fused-ring (bicyclic) bond motifs is 1. The number of alkyl halides is 1. The van der Waals surface area contributed by atoms with Gasteiger partial charge in [0.2, 0.25) is 0 Å². The summed E-state index contributed by atoms with van der Waals surface area (Å²) in [6, 6.07) is 4.52. The summed E-state index contributed by atoms with van der Waals surface area (Å²) in [5.74, 6) is 0.613. The monoisotopic (exact) mass is 182 g/mol. The maximum absolute atomic E-state index is 13.9. The summed E-state index contributed by atoms with van der Waals surface area (Å²) in [6.45, 7) is 1.90. The van der Waals surface area contributed by atoms with E-state index in [9.17, 15) is 9.50 Å². The Morgan fingerprint density at radius 1 is 1.54 bits per heavy atom. The average Bonchev–Trinajstić information content (AvgIpc) is 2.06. The molecule has 1 aromatic carbocycles. The fourth-order valence-electron chi connectivity index (χ4n) is 1.54. The molecule has 0 fully saturated rings. The molecule has 70 valence electrons. The first-order valence-electron chi connectivity index (χ1n) is 4.25. The van der Waals surface area contributed by atoms with E-state index in [1.165, 1.54) is 19.1 Å². The maximum atomic E-state index is 13.9. The van der Waals surface area contributed by atoms with Crippen LogP contribution in [0.1, 0.15) is 18.9 Å². The Bertz CT molecular complexity index is 334. The summed E-state index contributed by atoms with van der Waals surface area (Å²) in [5, 5.41) is 9.20. The number of ether oxygens (including phenoxy) is 1. The van der Waals surface area contributed by atoms with Gasteiger partial charge in [-0.15, -0.1) is 0 Å². The van der Waals surface area contributed by atoms with Crippen molar-refractivity contribution >= 4 is 0 Å². The summed E-state index contributed by atoms with van der Waals surface area (Å²) < 4.78 is 19.1. The summed E-state index contributed by atoms with van der Waals surface area (Å²) >= 11 is 0. The predicted octanol–water partition coefficient (Wildman–Crippen LogP) is 2.36. The predicted molar refractivity (Wildman–Crippen MR) is 46.7 cm³/mol. The summed E-state index contributed by atoms with van der Waals surface area (Å²) in [6.07, 6.45) is 0.337. The van der Waals surface area contributed by atoms with Crippen LogP contribution in [0.25, 0.3) is 0 Å². The van der Waals surface area contributed by atoms with Crippen LogP contribution in [0.2, 0.25) is 0 Å². The van der Waals surface area contributed by atoms with Crippen LogP contribution >= 0.6 is 0 Å². The van der Waals surface area contributed by atoms with Gasteiger partial charge in [-0.25, -0.2) is 4.39 Å². The van der Waals surface area contributed by atoms with Gasteiger partial charge in [-0.2, -0.15) is 0 Å². The number of hydrogen-bond acceptors (Lipinski definition) is 2. The van der Waals surface area contributed by atoms with Crippen LogP contribution in [0, 0.1) is 0 Å². The zero-order valence-corrected chi connectivity index (χ0v) is 7.38.